The minimum Gasteiger partial charge on any atom is -0.382 e. The standard InChI is InChI=1S/C8H9BrN6O2/c9-1-2-15-6-4(5(10)12-3-13-6)14-8(15)17-7(11)16/h3H,1-2H2,(H2,11,16)(H2,10,12,13). The summed E-state index contributed by atoms with van der Waals surface area (Å²) in [5, 5.41) is 0.636. The number of fused-ring (bicyclic) bond motifs is 1. The zero-order valence-corrected chi connectivity index (χ0v) is 10.2. The van der Waals surface area contributed by atoms with Crippen LogP contribution in [0.5, 0.6) is 6.01 Å². The summed E-state index contributed by atoms with van der Waals surface area (Å²) in [4.78, 5) is 22.6. The number of anilines is 1. The number of rotatable bonds is 3. The van der Waals surface area contributed by atoms with Crippen molar-refractivity contribution in [3.63, 3.8) is 0 Å². The van der Waals surface area contributed by atoms with Crippen molar-refractivity contribution in [2.24, 2.45) is 5.73 Å². The highest BCUT2D eigenvalue weighted by Gasteiger charge is 2.16. The summed E-state index contributed by atoms with van der Waals surface area (Å²) in [7, 11) is 0. The molecule has 2 aromatic rings. The van der Waals surface area contributed by atoms with E-state index in [9.17, 15) is 4.79 Å². The summed E-state index contributed by atoms with van der Waals surface area (Å²) in [6, 6.07) is 0.0548. The Labute approximate surface area is 104 Å². The SMILES string of the molecule is NC(=O)Oc1nc2c(N)ncnc2n1CCBr. The van der Waals surface area contributed by atoms with E-state index in [0.717, 1.165) is 0 Å². The summed E-state index contributed by atoms with van der Waals surface area (Å²) in [5.41, 5.74) is 11.5. The molecule has 9 heteroatoms. The molecule has 1 amide bonds. The largest absolute Gasteiger partial charge is 0.412 e. The van der Waals surface area contributed by atoms with Gasteiger partial charge in [-0.3, -0.25) is 4.57 Å². The average molecular weight is 301 g/mol. The van der Waals surface area contributed by atoms with E-state index in [4.69, 9.17) is 16.2 Å². The lowest BCUT2D eigenvalue weighted by atomic mass is 10.5. The monoisotopic (exact) mass is 300 g/mol. The molecule has 0 aliphatic rings. The minimum atomic E-state index is -0.942. The van der Waals surface area contributed by atoms with Gasteiger partial charge < -0.3 is 16.2 Å². The smallest absolute Gasteiger partial charge is 0.382 e. The number of imidazole rings is 1. The molecule has 2 rings (SSSR count). The van der Waals surface area contributed by atoms with Gasteiger partial charge in [0, 0.05) is 11.9 Å². The van der Waals surface area contributed by atoms with E-state index >= 15 is 0 Å². The molecule has 90 valence electrons. The number of carbonyl (C=O) groups excluding carboxylic acids is 1. The maximum atomic E-state index is 10.8. The predicted molar refractivity (Wildman–Crippen MR) is 63.7 cm³/mol. The van der Waals surface area contributed by atoms with Crippen molar-refractivity contribution in [1.82, 2.24) is 19.5 Å². The molecule has 4 N–H and O–H groups in total. The maximum Gasteiger partial charge on any atom is 0.412 e. The highest BCUT2D eigenvalue weighted by atomic mass is 79.9. The van der Waals surface area contributed by atoms with Gasteiger partial charge in [0.1, 0.15) is 6.33 Å². The number of nitrogens with zero attached hydrogens (tertiary/aromatic N) is 4. The van der Waals surface area contributed by atoms with Crippen molar-refractivity contribution in [2.75, 3.05) is 11.1 Å². The Kier molecular flexibility index (Phi) is 3.09. The molecule has 2 aromatic heterocycles. The third-order valence-electron chi connectivity index (χ3n) is 2.03. The van der Waals surface area contributed by atoms with Gasteiger partial charge in [0.2, 0.25) is 0 Å². The van der Waals surface area contributed by atoms with E-state index in [0.29, 0.717) is 23.0 Å². The number of hydrogen-bond acceptors (Lipinski definition) is 6. The molecule has 0 radical (unpaired) electrons. The first kappa shape index (κ1) is 11.6. The summed E-state index contributed by atoms with van der Waals surface area (Å²) in [5.74, 6) is 0.220. The first-order valence-electron chi connectivity index (χ1n) is 4.63. The predicted octanol–water partition coefficient (Wildman–Crippen LogP) is 0.261. The lowest BCUT2D eigenvalue weighted by molar-refractivity contribution is 0.205. The fourth-order valence-corrected chi connectivity index (χ4v) is 1.74. The third-order valence-corrected chi connectivity index (χ3v) is 2.38. The molecule has 0 aliphatic carbocycles. The van der Waals surface area contributed by atoms with Crippen molar-refractivity contribution in [3.05, 3.63) is 6.33 Å². The molecule has 0 saturated carbocycles. The number of nitrogens with two attached hydrogens (primary N) is 2. The van der Waals surface area contributed by atoms with Crippen molar-refractivity contribution < 1.29 is 9.53 Å². The number of amides is 1. The number of ether oxygens (including phenoxy) is 1. The fourth-order valence-electron chi connectivity index (χ4n) is 1.39. The van der Waals surface area contributed by atoms with Gasteiger partial charge in [-0.25, -0.2) is 14.8 Å². The second-order valence-electron chi connectivity index (χ2n) is 3.09. The number of nitrogen functional groups attached to an aromatic ring is 1. The van der Waals surface area contributed by atoms with Crippen LogP contribution >= 0.6 is 15.9 Å². The first-order chi connectivity index (χ1) is 8.13. The molecule has 0 fully saturated rings. The van der Waals surface area contributed by atoms with Crippen molar-refractivity contribution in [3.8, 4) is 6.01 Å². The number of halogens is 1. The molecule has 0 saturated heterocycles. The molecule has 0 aliphatic heterocycles. The van der Waals surface area contributed by atoms with E-state index in [1.807, 2.05) is 0 Å². The maximum absolute atomic E-state index is 10.8. The van der Waals surface area contributed by atoms with Gasteiger partial charge in [-0.05, 0) is 0 Å². The lowest BCUT2D eigenvalue weighted by Crippen LogP contribution is -2.19. The molecule has 0 unspecified atom stereocenters. The topological polar surface area (TPSA) is 122 Å². The van der Waals surface area contributed by atoms with Crippen LogP contribution in [-0.2, 0) is 6.54 Å². The van der Waals surface area contributed by atoms with E-state index < -0.39 is 6.09 Å². The molecule has 8 nitrogen and oxygen atoms in total. The number of aryl methyl sites for hydroxylation is 1. The first-order valence-corrected chi connectivity index (χ1v) is 5.75. The molecule has 0 aromatic carbocycles. The third kappa shape index (κ3) is 2.13. The highest BCUT2D eigenvalue weighted by molar-refractivity contribution is 9.09. The molecule has 2 heterocycles. The summed E-state index contributed by atoms with van der Waals surface area (Å²) in [6.45, 7) is 0.509. The van der Waals surface area contributed by atoms with Crippen LogP contribution in [0.25, 0.3) is 11.2 Å². The van der Waals surface area contributed by atoms with Gasteiger partial charge >= 0.3 is 12.1 Å². The van der Waals surface area contributed by atoms with Crippen LogP contribution in [0.4, 0.5) is 10.6 Å². The highest BCUT2D eigenvalue weighted by Crippen LogP contribution is 2.22. The lowest BCUT2D eigenvalue weighted by Gasteiger charge is -2.04. The van der Waals surface area contributed by atoms with E-state index in [2.05, 4.69) is 30.9 Å². The fraction of sp³-hybridized carbons (Fsp3) is 0.250. The normalized spacial score (nSPS) is 10.6. The van der Waals surface area contributed by atoms with Crippen LogP contribution in [0.15, 0.2) is 6.33 Å². The molecule has 0 spiro atoms. The second-order valence-corrected chi connectivity index (χ2v) is 3.88. The summed E-state index contributed by atoms with van der Waals surface area (Å²) in [6.07, 6.45) is 0.376. The molecule has 0 atom stereocenters. The zero-order chi connectivity index (χ0) is 12.4. The van der Waals surface area contributed by atoms with Crippen LogP contribution in [0.2, 0.25) is 0 Å². The molecular formula is C8H9BrN6O2. The number of aromatic nitrogens is 4. The van der Waals surface area contributed by atoms with Crippen LogP contribution in [0.1, 0.15) is 0 Å². The molecular weight excluding hydrogens is 292 g/mol. The summed E-state index contributed by atoms with van der Waals surface area (Å²) >= 11 is 3.28. The number of carbonyl (C=O) groups is 1. The molecule has 17 heavy (non-hydrogen) atoms. The second kappa shape index (κ2) is 4.53. The zero-order valence-electron chi connectivity index (χ0n) is 8.63. The Morgan fingerprint density at radius 1 is 1.53 bits per heavy atom. The van der Waals surface area contributed by atoms with Crippen LogP contribution < -0.4 is 16.2 Å². The number of alkyl halides is 1. The van der Waals surface area contributed by atoms with Crippen molar-refractivity contribution >= 4 is 39.0 Å². The Balaban J connectivity index is 2.61. The van der Waals surface area contributed by atoms with Gasteiger partial charge in [-0.2, -0.15) is 4.98 Å². The van der Waals surface area contributed by atoms with E-state index in [1.54, 1.807) is 4.57 Å². The van der Waals surface area contributed by atoms with Gasteiger partial charge in [0.15, 0.2) is 17.0 Å². The number of primary amides is 1. The Bertz CT molecular complexity index is 568. The summed E-state index contributed by atoms with van der Waals surface area (Å²) < 4.78 is 6.37. The Morgan fingerprint density at radius 3 is 2.94 bits per heavy atom. The van der Waals surface area contributed by atoms with Gasteiger partial charge in [-0.15, -0.1) is 0 Å². The Morgan fingerprint density at radius 2 is 2.29 bits per heavy atom. The van der Waals surface area contributed by atoms with E-state index in [-0.39, 0.29) is 11.8 Å². The van der Waals surface area contributed by atoms with Gasteiger partial charge in [0.05, 0.1) is 0 Å². The average Bonchev–Trinajstić information content (AvgIpc) is 2.59. The minimum absolute atomic E-state index is 0.0548. The van der Waals surface area contributed by atoms with Crippen LogP contribution in [0.3, 0.4) is 0 Å². The van der Waals surface area contributed by atoms with Gasteiger partial charge in [-0.1, -0.05) is 15.9 Å². The van der Waals surface area contributed by atoms with Crippen LogP contribution in [-0.4, -0.2) is 30.9 Å². The van der Waals surface area contributed by atoms with E-state index in [1.165, 1.54) is 6.33 Å². The quantitative estimate of drug-likeness (QED) is 0.784. The Hall–Kier alpha value is -1.90. The van der Waals surface area contributed by atoms with Crippen molar-refractivity contribution in [2.45, 2.75) is 6.54 Å². The van der Waals surface area contributed by atoms with Crippen molar-refractivity contribution in [1.29, 1.82) is 0 Å². The van der Waals surface area contributed by atoms with Crippen LogP contribution in [0, 0.1) is 0 Å². The molecule has 0 bridgehead atoms. The number of hydrogen-bond donors (Lipinski definition) is 2. The van der Waals surface area contributed by atoms with Gasteiger partial charge in [0.25, 0.3) is 0 Å².